The number of pyridine rings is 1. The van der Waals surface area contributed by atoms with Gasteiger partial charge in [-0.3, -0.25) is 25.2 Å². The lowest BCUT2D eigenvalue weighted by molar-refractivity contribution is -0.122. The largest absolute Gasteiger partial charge is 0.506 e. The van der Waals surface area contributed by atoms with Gasteiger partial charge in [0.25, 0.3) is 11.5 Å². The minimum absolute atomic E-state index is 0.303. The van der Waals surface area contributed by atoms with Crippen LogP contribution in [0.2, 0.25) is 0 Å². The summed E-state index contributed by atoms with van der Waals surface area (Å²) >= 11 is 0. The predicted molar refractivity (Wildman–Crippen MR) is 114 cm³/mol. The second-order valence-corrected chi connectivity index (χ2v) is 7.33. The molecule has 0 aliphatic carbocycles. The van der Waals surface area contributed by atoms with Crippen LogP contribution in [-0.4, -0.2) is 21.5 Å². The van der Waals surface area contributed by atoms with Gasteiger partial charge in [-0.15, -0.1) is 0 Å². The molecule has 0 aliphatic rings. The third kappa shape index (κ3) is 6.07. The van der Waals surface area contributed by atoms with Crippen molar-refractivity contribution >= 4 is 22.7 Å². The number of aromatic nitrogens is 1. The Kier molecular flexibility index (Phi) is 8.70. The lowest BCUT2D eigenvalue weighted by atomic mass is 10.1. The van der Waals surface area contributed by atoms with Crippen molar-refractivity contribution in [2.45, 2.75) is 64.7 Å². The zero-order chi connectivity index (χ0) is 21.2. The van der Waals surface area contributed by atoms with Crippen LogP contribution >= 0.6 is 0 Å². The normalized spacial score (nSPS) is 10.8. The first-order valence-electron chi connectivity index (χ1n) is 10.4. The number of nitrogens with one attached hydrogen (secondary N) is 2. The summed E-state index contributed by atoms with van der Waals surface area (Å²) in [5.74, 6) is -1.54. The van der Waals surface area contributed by atoms with Gasteiger partial charge in [0.15, 0.2) is 0 Å². The van der Waals surface area contributed by atoms with Crippen molar-refractivity contribution in [3.63, 3.8) is 0 Å². The molecule has 0 bridgehead atoms. The molecule has 0 atom stereocenters. The van der Waals surface area contributed by atoms with Gasteiger partial charge in [-0.05, 0) is 18.6 Å². The number of benzene rings is 1. The molecule has 0 aliphatic heterocycles. The van der Waals surface area contributed by atoms with E-state index < -0.39 is 22.8 Å². The van der Waals surface area contributed by atoms with E-state index in [2.05, 4.69) is 17.8 Å². The number of hydrogen-bond donors (Lipinski definition) is 3. The Morgan fingerprint density at radius 2 is 1.59 bits per heavy atom. The van der Waals surface area contributed by atoms with Crippen molar-refractivity contribution in [3.8, 4) is 5.75 Å². The Morgan fingerprint density at radius 3 is 2.28 bits per heavy atom. The summed E-state index contributed by atoms with van der Waals surface area (Å²) in [7, 11) is 1.53. The van der Waals surface area contributed by atoms with E-state index in [0.717, 1.165) is 19.3 Å². The van der Waals surface area contributed by atoms with Gasteiger partial charge in [0, 0.05) is 18.9 Å². The summed E-state index contributed by atoms with van der Waals surface area (Å²) in [5.41, 5.74) is 4.06. The lowest BCUT2D eigenvalue weighted by Gasteiger charge is -2.12. The van der Waals surface area contributed by atoms with Gasteiger partial charge in [-0.1, -0.05) is 64.0 Å². The molecule has 1 aromatic carbocycles. The predicted octanol–water partition coefficient (Wildman–Crippen LogP) is 3.54. The number of aromatic hydroxyl groups is 1. The van der Waals surface area contributed by atoms with Crippen LogP contribution in [0.15, 0.2) is 29.1 Å². The molecule has 0 unspecified atom stereocenters. The number of unbranched alkanes of at least 4 members (excludes halogenated alkanes) is 7. The van der Waals surface area contributed by atoms with Gasteiger partial charge in [-0.25, -0.2) is 0 Å². The zero-order valence-electron chi connectivity index (χ0n) is 17.3. The molecule has 0 saturated heterocycles. The maximum atomic E-state index is 12.5. The summed E-state index contributed by atoms with van der Waals surface area (Å²) in [5, 5.41) is 10.8. The molecular formula is C22H31N3O4. The van der Waals surface area contributed by atoms with Crippen LogP contribution < -0.4 is 16.4 Å². The molecule has 2 amide bonds. The highest BCUT2D eigenvalue weighted by Gasteiger charge is 2.21. The number of rotatable bonds is 10. The maximum Gasteiger partial charge on any atom is 0.279 e. The number of fused-ring (bicyclic) bond motifs is 1. The van der Waals surface area contributed by atoms with E-state index in [1.165, 1.54) is 43.7 Å². The summed E-state index contributed by atoms with van der Waals surface area (Å²) < 4.78 is 1.30. The Hall–Kier alpha value is -2.83. The minimum Gasteiger partial charge on any atom is -0.506 e. The van der Waals surface area contributed by atoms with Crippen molar-refractivity contribution in [3.05, 3.63) is 40.2 Å². The highest BCUT2D eigenvalue weighted by molar-refractivity contribution is 6.02. The summed E-state index contributed by atoms with van der Waals surface area (Å²) in [6.45, 7) is 2.19. The molecule has 1 heterocycles. The number of nitrogens with zero attached hydrogens (tertiary/aromatic N) is 1. The first-order chi connectivity index (χ1) is 14.0. The van der Waals surface area contributed by atoms with Crippen LogP contribution in [0.5, 0.6) is 5.75 Å². The summed E-state index contributed by atoms with van der Waals surface area (Å²) in [6.07, 6.45) is 9.32. The fraction of sp³-hybridized carbons (Fsp3) is 0.500. The van der Waals surface area contributed by atoms with Crippen LogP contribution in [0.1, 0.15) is 75.1 Å². The van der Waals surface area contributed by atoms with Crippen LogP contribution in [-0.2, 0) is 11.8 Å². The molecule has 1 aromatic heterocycles. The average molecular weight is 402 g/mol. The van der Waals surface area contributed by atoms with E-state index >= 15 is 0 Å². The molecule has 0 saturated carbocycles. The molecule has 0 spiro atoms. The number of aryl methyl sites for hydroxylation is 1. The number of carbonyl (C=O) groups is 2. The number of hydrogen-bond acceptors (Lipinski definition) is 4. The number of carbonyl (C=O) groups excluding carboxylic acids is 2. The van der Waals surface area contributed by atoms with Gasteiger partial charge in [0.2, 0.25) is 5.91 Å². The second kappa shape index (κ2) is 11.2. The van der Waals surface area contributed by atoms with Crippen molar-refractivity contribution < 1.29 is 14.7 Å². The fourth-order valence-electron chi connectivity index (χ4n) is 3.36. The van der Waals surface area contributed by atoms with E-state index in [1.54, 1.807) is 24.3 Å². The minimum atomic E-state index is -0.835. The van der Waals surface area contributed by atoms with Crippen molar-refractivity contribution in [1.29, 1.82) is 0 Å². The van der Waals surface area contributed by atoms with Crippen LogP contribution in [0.4, 0.5) is 0 Å². The number of hydrazine groups is 1. The first kappa shape index (κ1) is 22.5. The monoisotopic (exact) mass is 401 g/mol. The SMILES string of the molecule is CCCCCCCCCCC(=O)NNC(=O)c1c(O)c2ccccc2n(C)c1=O. The molecule has 158 valence electrons. The molecule has 7 heteroatoms. The van der Waals surface area contributed by atoms with E-state index in [9.17, 15) is 19.5 Å². The van der Waals surface area contributed by atoms with Crippen LogP contribution in [0.3, 0.4) is 0 Å². The van der Waals surface area contributed by atoms with Crippen LogP contribution in [0, 0.1) is 0 Å². The maximum absolute atomic E-state index is 12.5. The molecule has 3 N–H and O–H groups in total. The topological polar surface area (TPSA) is 100 Å². The molecule has 0 radical (unpaired) electrons. The van der Waals surface area contributed by atoms with Gasteiger partial charge in [0.1, 0.15) is 11.3 Å². The molecule has 29 heavy (non-hydrogen) atoms. The fourth-order valence-corrected chi connectivity index (χ4v) is 3.36. The Bertz CT molecular complexity index is 905. The van der Waals surface area contributed by atoms with E-state index in [4.69, 9.17) is 0 Å². The smallest absolute Gasteiger partial charge is 0.279 e. The standard InChI is InChI=1S/C22H31N3O4/c1-3-4-5-6-7-8-9-10-15-18(26)23-24-21(28)19-20(27)16-13-11-12-14-17(16)25(2)22(19)29/h11-14,27H,3-10,15H2,1-2H3,(H,23,26)(H,24,28). The molecule has 0 fully saturated rings. The third-order valence-corrected chi connectivity index (χ3v) is 5.08. The lowest BCUT2D eigenvalue weighted by Crippen LogP contribution is -2.43. The van der Waals surface area contributed by atoms with Gasteiger partial charge in [0.05, 0.1) is 5.52 Å². The van der Waals surface area contributed by atoms with E-state index in [1.807, 2.05) is 0 Å². The van der Waals surface area contributed by atoms with E-state index in [-0.39, 0.29) is 5.91 Å². The number of amides is 2. The Labute approximate surface area is 171 Å². The molecule has 7 nitrogen and oxygen atoms in total. The van der Waals surface area contributed by atoms with Crippen molar-refractivity contribution in [2.24, 2.45) is 7.05 Å². The summed E-state index contributed by atoms with van der Waals surface area (Å²) in [6, 6.07) is 6.76. The summed E-state index contributed by atoms with van der Waals surface area (Å²) in [4.78, 5) is 36.8. The Morgan fingerprint density at radius 1 is 0.966 bits per heavy atom. The van der Waals surface area contributed by atoms with Gasteiger partial charge in [-0.2, -0.15) is 0 Å². The molecule has 2 aromatic rings. The van der Waals surface area contributed by atoms with E-state index in [0.29, 0.717) is 17.3 Å². The third-order valence-electron chi connectivity index (χ3n) is 5.08. The highest BCUT2D eigenvalue weighted by Crippen LogP contribution is 2.25. The Balaban J connectivity index is 1.84. The first-order valence-corrected chi connectivity index (χ1v) is 10.4. The molecular weight excluding hydrogens is 370 g/mol. The quantitative estimate of drug-likeness (QED) is 0.419. The van der Waals surface area contributed by atoms with Crippen molar-refractivity contribution in [1.82, 2.24) is 15.4 Å². The number of para-hydroxylation sites is 1. The average Bonchev–Trinajstić information content (AvgIpc) is 2.72. The van der Waals surface area contributed by atoms with Gasteiger partial charge >= 0.3 is 0 Å². The van der Waals surface area contributed by atoms with Crippen LogP contribution in [0.25, 0.3) is 10.9 Å². The van der Waals surface area contributed by atoms with Gasteiger partial charge < -0.3 is 9.67 Å². The second-order valence-electron chi connectivity index (χ2n) is 7.33. The molecule has 2 rings (SSSR count). The van der Waals surface area contributed by atoms with Crippen molar-refractivity contribution in [2.75, 3.05) is 0 Å². The highest BCUT2D eigenvalue weighted by atomic mass is 16.3. The zero-order valence-corrected chi connectivity index (χ0v) is 17.3.